The van der Waals surface area contributed by atoms with E-state index in [0.717, 1.165) is 5.56 Å². The topological polar surface area (TPSA) is 49.8 Å². The minimum absolute atomic E-state index is 0.0404. The summed E-state index contributed by atoms with van der Waals surface area (Å²) < 4.78 is 4.95. The number of aliphatic hydroxyl groups is 1. The van der Waals surface area contributed by atoms with Crippen LogP contribution >= 0.6 is 0 Å². The molecule has 4 nitrogen and oxygen atoms in total. The molecular formula is C13H19NO3. The zero-order valence-electron chi connectivity index (χ0n) is 10.3. The van der Waals surface area contributed by atoms with Crippen molar-refractivity contribution in [2.24, 2.45) is 0 Å². The van der Waals surface area contributed by atoms with Gasteiger partial charge in [0.15, 0.2) is 0 Å². The van der Waals surface area contributed by atoms with Gasteiger partial charge in [-0.05, 0) is 19.1 Å². The summed E-state index contributed by atoms with van der Waals surface area (Å²) in [6.45, 7) is 3.20. The van der Waals surface area contributed by atoms with E-state index in [1.165, 1.54) is 0 Å². The van der Waals surface area contributed by atoms with Gasteiger partial charge in [-0.3, -0.25) is 4.79 Å². The fourth-order valence-corrected chi connectivity index (χ4v) is 1.60. The lowest BCUT2D eigenvalue weighted by Gasteiger charge is -2.21. The van der Waals surface area contributed by atoms with Crippen LogP contribution in [0.3, 0.4) is 0 Å². The summed E-state index contributed by atoms with van der Waals surface area (Å²) in [5, 5.41) is 8.95. The molecule has 0 aliphatic carbocycles. The first-order valence-corrected chi connectivity index (χ1v) is 5.64. The predicted molar refractivity (Wildman–Crippen MR) is 66.0 cm³/mol. The first-order valence-electron chi connectivity index (χ1n) is 5.64. The summed E-state index contributed by atoms with van der Waals surface area (Å²) in [5.41, 5.74) is 1.70. The molecule has 0 bridgehead atoms. The number of ether oxygens (including phenoxy) is 1. The zero-order valence-corrected chi connectivity index (χ0v) is 10.3. The smallest absolute Gasteiger partial charge is 0.254 e. The molecule has 0 fully saturated rings. The summed E-state index contributed by atoms with van der Waals surface area (Å²) in [6.07, 6.45) is 0. The van der Waals surface area contributed by atoms with Crippen LogP contribution in [-0.2, 0) is 4.74 Å². The molecule has 0 saturated carbocycles. The molecular weight excluding hydrogens is 218 g/mol. The molecule has 17 heavy (non-hydrogen) atoms. The van der Waals surface area contributed by atoms with Gasteiger partial charge < -0.3 is 14.7 Å². The van der Waals surface area contributed by atoms with E-state index in [4.69, 9.17) is 9.84 Å². The Morgan fingerprint density at radius 2 is 2.18 bits per heavy atom. The number of methoxy groups -OCH3 is 1. The minimum Gasteiger partial charge on any atom is -0.395 e. The Labute approximate surface area is 102 Å². The van der Waals surface area contributed by atoms with Crippen molar-refractivity contribution in [1.82, 2.24) is 4.90 Å². The second kappa shape index (κ2) is 7.04. The van der Waals surface area contributed by atoms with Crippen molar-refractivity contribution in [3.63, 3.8) is 0 Å². The largest absolute Gasteiger partial charge is 0.395 e. The maximum absolute atomic E-state index is 12.2. The molecule has 0 atom stereocenters. The molecule has 0 radical (unpaired) electrons. The molecule has 0 aromatic heterocycles. The monoisotopic (exact) mass is 237 g/mol. The van der Waals surface area contributed by atoms with E-state index >= 15 is 0 Å². The number of benzene rings is 1. The average Bonchev–Trinajstić information content (AvgIpc) is 2.33. The molecule has 1 aromatic carbocycles. The van der Waals surface area contributed by atoms with E-state index in [-0.39, 0.29) is 12.5 Å². The van der Waals surface area contributed by atoms with Crippen LogP contribution in [0.15, 0.2) is 24.3 Å². The highest BCUT2D eigenvalue weighted by Crippen LogP contribution is 2.07. The summed E-state index contributed by atoms with van der Waals surface area (Å²) in [4.78, 5) is 13.7. The van der Waals surface area contributed by atoms with Crippen molar-refractivity contribution < 1.29 is 14.6 Å². The second-order valence-electron chi connectivity index (χ2n) is 3.88. The van der Waals surface area contributed by atoms with Crippen LogP contribution in [0, 0.1) is 6.92 Å². The highest BCUT2D eigenvalue weighted by molar-refractivity contribution is 5.94. The van der Waals surface area contributed by atoms with Crippen molar-refractivity contribution in [2.45, 2.75) is 6.92 Å². The normalized spacial score (nSPS) is 10.3. The van der Waals surface area contributed by atoms with Crippen molar-refractivity contribution in [3.05, 3.63) is 35.4 Å². The van der Waals surface area contributed by atoms with Crippen molar-refractivity contribution in [1.29, 1.82) is 0 Å². The Hall–Kier alpha value is -1.39. The van der Waals surface area contributed by atoms with Gasteiger partial charge in [0.25, 0.3) is 5.91 Å². The summed E-state index contributed by atoms with van der Waals surface area (Å²) >= 11 is 0. The number of rotatable bonds is 6. The number of aryl methyl sites for hydroxylation is 1. The van der Waals surface area contributed by atoms with Gasteiger partial charge in [0, 0.05) is 25.8 Å². The van der Waals surface area contributed by atoms with Crippen LogP contribution in [0.1, 0.15) is 15.9 Å². The predicted octanol–water partition coefficient (Wildman–Crippen LogP) is 1.08. The number of amides is 1. The standard InChI is InChI=1S/C13H19NO3/c1-11-4-3-5-12(10-11)13(16)14(6-8-15)7-9-17-2/h3-5,10,15H,6-9H2,1-2H3. The van der Waals surface area contributed by atoms with E-state index in [9.17, 15) is 4.79 Å². The molecule has 0 aliphatic rings. The van der Waals surface area contributed by atoms with Gasteiger partial charge in [-0.2, -0.15) is 0 Å². The molecule has 1 N–H and O–H groups in total. The molecule has 1 aromatic rings. The number of hydrogen-bond acceptors (Lipinski definition) is 3. The van der Waals surface area contributed by atoms with Crippen LogP contribution in [0.5, 0.6) is 0 Å². The second-order valence-corrected chi connectivity index (χ2v) is 3.88. The lowest BCUT2D eigenvalue weighted by atomic mass is 10.1. The lowest BCUT2D eigenvalue weighted by molar-refractivity contribution is 0.0656. The van der Waals surface area contributed by atoms with E-state index in [2.05, 4.69) is 0 Å². The lowest BCUT2D eigenvalue weighted by Crippen LogP contribution is -2.36. The van der Waals surface area contributed by atoms with Crippen LogP contribution < -0.4 is 0 Å². The van der Waals surface area contributed by atoms with E-state index in [0.29, 0.717) is 25.3 Å². The average molecular weight is 237 g/mol. The van der Waals surface area contributed by atoms with E-state index in [1.807, 2.05) is 25.1 Å². The third-order valence-electron chi connectivity index (χ3n) is 2.49. The van der Waals surface area contributed by atoms with Crippen molar-refractivity contribution in [2.75, 3.05) is 33.4 Å². The first kappa shape index (κ1) is 13.7. The molecule has 0 heterocycles. The molecule has 1 rings (SSSR count). The number of hydrogen-bond donors (Lipinski definition) is 1. The van der Waals surface area contributed by atoms with Crippen LogP contribution in [0.4, 0.5) is 0 Å². The van der Waals surface area contributed by atoms with E-state index < -0.39 is 0 Å². The molecule has 0 saturated heterocycles. The summed E-state index contributed by atoms with van der Waals surface area (Å²) in [6, 6.07) is 7.43. The number of carbonyl (C=O) groups excluding carboxylic acids is 1. The Morgan fingerprint density at radius 1 is 1.41 bits per heavy atom. The van der Waals surface area contributed by atoms with Crippen molar-refractivity contribution >= 4 is 5.91 Å². The highest BCUT2D eigenvalue weighted by atomic mass is 16.5. The molecule has 0 unspecified atom stereocenters. The maximum atomic E-state index is 12.2. The molecule has 1 amide bonds. The zero-order chi connectivity index (χ0) is 12.7. The Morgan fingerprint density at radius 3 is 2.76 bits per heavy atom. The summed E-state index contributed by atoms with van der Waals surface area (Å²) in [7, 11) is 1.59. The van der Waals surface area contributed by atoms with Crippen LogP contribution in [-0.4, -0.2) is 49.3 Å². The fraction of sp³-hybridized carbons (Fsp3) is 0.462. The van der Waals surface area contributed by atoms with Crippen LogP contribution in [0.2, 0.25) is 0 Å². The SMILES string of the molecule is COCCN(CCO)C(=O)c1cccc(C)c1. The van der Waals surface area contributed by atoms with Gasteiger partial charge >= 0.3 is 0 Å². The molecule has 0 spiro atoms. The third-order valence-corrected chi connectivity index (χ3v) is 2.49. The van der Waals surface area contributed by atoms with Gasteiger partial charge in [0.1, 0.15) is 0 Å². The van der Waals surface area contributed by atoms with Gasteiger partial charge in [0.2, 0.25) is 0 Å². The van der Waals surface area contributed by atoms with Gasteiger partial charge in [0.05, 0.1) is 13.2 Å². The minimum atomic E-state index is -0.0696. The fourth-order valence-electron chi connectivity index (χ4n) is 1.60. The quantitative estimate of drug-likeness (QED) is 0.805. The first-order chi connectivity index (χ1) is 8.19. The number of nitrogens with zero attached hydrogens (tertiary/aromatic N) is 1. The highest BCUT2D eigenvalue weighted by Gasteiger charge is 2.14. The molecule has 4 heteroatoms. The Balaban J connectivity index is 2.76. The van der Waals surface area contributed by atoms with Crippen LogP contribution in [0.25, 0.3) is 0 Å². The van der Waals surface area contributed by atoms with E-state index in [1.54, 1.807) is 18.1 Å². The third kappa shape index (κ3) is 4.17. The summed E-state index contributed by atoms with van der Waals surface area (Å²) in [5.74, 6) is -0.0696. The maximum Gasteiger partial charge on any atom is 0.254 e. The van der Waals surface area contributed by atoms with Gasteiger partial charge in [-0.25, -0.2) is 0 Å². The number of aliphatic hydroxyl groups excluding tert-OH is 1. The number of carbonyl (C=O) groups is 1. The Bertz CT molecular complexity index is 365. The van der Waals surface area contributed by atoms with Crippen molar-refractivity contribution in [3.8, 4) is 0 Å². The van der Waals surface area contributed by atoms with Gasteiger partial charge in [-0.1, -0.05) is 17.7 Å². The van der Waals surface area contributed by atoms with Gasteiger partial charge in [-0.15, -0.1) is 0 Å². The molecule has 94 valence electrons. The Kier molecular flexibility index (Phi) is 5.66. The molecule has 0 aliphatic heterocycles.